The number of carbonyl (C=O) groups is 2. The van der Waals surface area contributed by atoms with Gasteiger partial charge in [0.05, 0.1) is 31.2 Å². The third-order valence-corrected chi connectivity index (χ3v) is 5.13. The molecule has 0 unspecified atom stereocenters. The Hall–Kier alpha value is -3.77. The smallest absolute Gasteiger partial charge is 0.282 e. The first-order chi connectivity index (χ1) is 15.0. The van der Waals surface area contributed by atoms with Crippen LogP contribution in [0.5, 0.6) is 11.5 Å². The molecule has 0 aromatic heterocycles. The molecule has 0 saturated heterocycles. The number of carbonyl (C=O) groups excluding carboxylic acids is 2. The Kier molecular flexibility index (Phi) is 5.64. The predicted molar refractivity (Wildman–Crippen MR) is 120 cm³/mol. The summed E-state index contributed by atoms with van der Waals surface area (Å²) in [6.45, 7) is 0. The summed E-state index contributed by atoms with van der Waals surface area (Å²) in [5, 5.41) is 3.54. The predicted octanol–water partition coefficient (Wildman–Crippen LogP) is 4.75. The van der Waals surface area contributed by atoms with Crippen LogP contribution in [-0.2, 0) is 9.59 Å². The molecule has 156 valence electrons. The van der Waals surface area contributed by atoms with Gasteiger partial charge in [0.15, 0.2) is 0 Å². The van der Waals surface area contributed by atoms with Crippen LogP contribution in [-0.4, -0.2) is 26.0 Å². The van der Waals surface area contributed by atoms with Crippen molar-refractivity contribution < 1.29 is 19.1 Å². The van der Waals surface area contributed by atoms with Crippen molar-refractivity contribution in [2.24, 2.45) is 0 Å². The monoisotopic (exact) mass is 434 g/mol. The van der Waals surface area contributed by atoms with Gasteiger partial charge in [0.2, 0.25) is 0 Å². The third kappa shape index (κ3) is 3.73. The molecule has 0 bridgehead atoms. The van der Waals surface area contributed by atoms with Crippen molar-refractivity contribution in [2.75, 3.05) is 24.4 Å². The summed E-state index contributed by atoms with van der Waals surface area (Å²) in [4.78, 5) is 28.1. The van der Waals surface area contributed by atoms with Gasteiger partial charge in [0, 0.05) is 10.6 Å². The molecule has 1 heterocycles. The number of hydrogen-bond acceptors (Lipinski definition) is 5. The molecule has 0 saturated carbocycles. The zero-order chi connectivity index (χ0) is 22.0. The van der Waals surface area contributed by atoms with Crippen LogP contribution in [0.1, 0.15) is 5.56 Å². The number of amides is 2. The Bertz CT molecular complexity index is 1190. The summed E-state index contributed by atoms with van der Waals surface area (Å²) >= 11 is 6.16. The van der Waals surface area contributed by atoms with E-state index in [9.17, 15) is 9.59 Å². The van der Waals surface area contributed by atoms with E-state index in [4.69, 9.17) is 21.1 Å². The summed E-state index contributed by atoms with van der Waals surface area (Å²) in [5.41, 5.74) is 1.76. The fraction of sp³-hybridized carbons (Fsp3) is 0.0833. The second kappa shape index (κ2) is 8.53. The first kappa shape index (κ1) is 20.5. The number of benzene rings is 3. The molecule has 0 aliphatic carbocycles. The van der Waals surface area contributed by atoms with Crippen LogP contribution in [0.3, 0.4) is 0 Å². The number of hydrogen-bond donors (Lipinski definition) is 1. The Morgan fingerprint density at radius 3 is 2.19 bits per heavy atom. The molecule has 4 rings (SSSR count). The molecule has 0 fully saturated rings. The number of ether oxygens (including phenoxy) is 2. The van der Waals surface area contributed by atoms with Crippen LogP contribution < -0.4 is 19.7 Å². The number of para-hydroxylation sites is 2. The highest BCUT2D eigenvalue weighted by molar-refractivity contribution is 6.46. The molecule has 0 spiro atoms. The number of methoxy groups -OCH3 is 2. The van der Waals surface area contributed by atoms with Gasteiger partial charge in [-0.25, -0.2) is 4.90 Å². The largest absolute Gasteiger partial charge is 0.496 e. The number of halogens is 1. The minimum Gasteiger partial charge on any atom is -0.496 e. The van der Waals surface area contributed by atoms with Crippen molar-refractivity contribution in [2.45, 2.75) is 0 Å². The van der Waals surface area contributed by atoms with E-state index in [-0.39, 0.29) is 11.3 Å². The molecular weight excluding hydrogens is 416 g/mol. The lowest BCUT2D eigenvalue weighted by atomic mass is 10.0. The minimum atomic E-state index is -0.487. The summed E-state index contributed by atoms with van der Waals surface area (Å²) in [5.74, 6) is 0.0175. The van der Waals surface area contributed by atoms with Crippen molar-refractivity contribution in [3.05, 3.63) is 89.1 Å². The Morgan fingerprint density at radius 2 is 1.48 bits per heavy atom. The van der Waals surface area contributed by atoms with Gasteiger partial charge in [-0.15, -0.1) is 0 Å². The second-order valence-electron chi connectivity index (χ2n) is 6.70. The highest BCUT2D eigenvalue weighted by Gasteiger charge is 2.41. The molecule has 3 aromatic carbocycles. The van der Waals surface area contributed by atoms with Crippen molar-refractivity contribution in [1.82, 2.24) is 0 Å². The maximum atomic E-state index is 13.5. The van der Waals surface area contributed by atoms with E-state index in [1.54, 1.807) is 66.7 Å². The number of rotatable bonds is 6. The highest BCUT2D eigenvalue weighted by Crippen LogP contribution is 2.39. The van der Waals surface area contributed by atoms with Crippen LogP contribution in [0.25, 0.3) is 5.57 Å². The van der Waals surface area contributed by atoms with E-state index in [1.807, 2.05) is 6.07 Å². The van der Waals surface area contributed by atoms with Crippen LogP contribution in [0, 0.1) is 0 Å². The normalized spacial score (nSPS) is 13.6. The first-order valence-electron chi connectivity index (χ1n) is 9.47. The van der Waals surface area contributed by atoms with Crippen LogP contribution in [0.2, 0.25) is 5.02 Å². The van der Waals surface area contributed by atoms with Gasteiger partial charge in [-0.2, -0.15) is 0 Å². The van der Waals surface area contributed by atoms with Gasteiger partial charge in [0.25, 0.3) is 11.8 Å². The van der Waals surface area contributed by atoms with Crippen LogP contribution >= 0.6 is 11.6 Å². The van der Waals surface area contributed by atoms with Gasteiger partial charge in [-0.05, 0) is 36.4 Å². The van der Waals surface area contributed by atoms with Crippen molar-refractivity contribution in [3.63, 3.8) is 0 Å². The zero-order valence-electron chi connectivity index (χ0n) is 16.9. The molecule has 0 radical (unpaired) electrons. The third-order valence-electron chi connectivity index (χ3n) is 4.90. The van der Waals surface area contributed by atoms with E-state index in [0.717, 1.165) is 4.90 Å². The molecule has 1 N–H and O–H groups in total. The van der Waals surface area contributed by atoms with E-state index < -0.39 is 11.8 Å². The van der Waals surface area contributed by atoms with Gasteiger partial charge in [-0.3, -0.25) is 9.59 Å². The van der Waals surface area contributed by atoms with E-state index in [0.29, 0.717) is 33.5 Å². The zero-order valence-corrected chi connectivity index (χ0v) is 17.6. The van der Waals surface area contributed by atoms with Crippen molar-refractivity contribution in [1.29, 1.82) is 0 Å². The Balaban J connectivity index is 1.90. The topological polar surface area (TPSA) is 67.9 Å². The molecule has 1 aliphatic rings. The molecule has 2 amide bonds. The molecule has 7 heteroatoms. The number of nitrogens with zero attached hydrogens (tertiary/aromatic N) is 1. The number of anilines is 2. The van der Waals surface area contributed by atoms with E-state index in [1.165, 1.54) is 14.2 Å². The fourth-order valence-corrected chi connectivity index (χ4v) is 3.64. The molecule has 6 nitrogen and oxygen atoms in total. The molecule has 1 aliphatic heterocycles. The first-order valence-corrected chi connectivity index (χ1v) is 9.85. The summed E-state index contributed by atoms with van der Waals surface area (Å²) in [6, 6.07) is 20.8. The van der Waals surface area contributed by atoms with Crippen molar-refractivity contribution >= 4 is 40.4 Å². The van der Waals surface area contributed by atoms with Crippen molar-refractivity contribution in [3.8, 4) is 11.5 Å². The molecule has 0 atom stereocenters. The maximum absolute atomic E-state index is 13.5. The summed E-state index contributed by atoms with van der Waals surface area (Å²) in [6.07, 6.45) is 0. The lowest BCUT2D eigenvalue weighted by Crippen LogP contribution is -2.32. The van der Waals surface area contributed by atoms with Gasteiger partial charge >= 0.3 is 0 Å². The van der Waals surface area contributed by atoms with E-state index in [2.05, 4.69) is 5.32 Å². The number of nitrogens with one attached hydrogen (secondary N) is 1. The summed E-state index contributed by atoms with van der Waals surface area (Å²) < 4.78 is 10.8. The average molecular weight is 435 g/mol. The number of imide groups is 1. The maximum Gasteiger partial charge on any atom is 0.282 e. The Labute approximate surface area is 184 Å². The SMILES string of the molecule is COc1ccc(Cl)cc1NC1=C(c2ccccc2OC)C(=O)N(c2ccccc2)C1=O. The Morgan fingerprint density at radius 1 is 0.806 bits per heavy atom. The molecular formula is C24H19ClN2O4. The lowest BCUT2D eigenvalue weighted by molar-refractivity contribution is -0.120. The van der Waals surface area contributed by atoms with Crippen LogP contribution in [0.4, 0.5) is 11.4 Å². The highest BCUT2D eigenvalue weighted by atomic mass is 35.5. The van der Waals surface area contributed by atoms with Crippen LogP contribution in [0.15, 0.2) is 78.5 Å². The minimum absolute atomic E-state index is 0.110. The second-order valence-corrected chi connectivity index (χ2v) is 7.14. The lowest BCUT2D eigenvalue weighted by Gasteiger charge is -2.16. The summed E-state index contributed by atoms with van der Waals surface area (Å²) in [7, 11) is 3.03. The molecule has 31 heavy (non-hydrogen) atoms. The van der Waals surface area contributed by atoms with Gasteiger partial charge in [-0.1, -0.05) is 48.0 Å². The standard InChI is InChI=1S/C24H19ClN2O4/c1-30-19-11-7-6-10-17(19)21-22(26-18-14-15(25)12-13-20(18)31-2)24(29)27(23(21)28)16-8-4-3-5-9-16/h3-14,26H,1-2H3. The molecule has 3 aromatic rings. The van der Waals surface area contributed by atoms with Gasteiger partial charge in [0.1, 0.15) is 17.2 Å². The quantitative estimate of drug-likeness (QED) is 0.567. The average Bonchev–Trinajstić information content (AvgIpc) is 3.03. The van der Waals surface area contributed by atoms with Gasteiger partial charge < -0.3 is 14.8 Å². The van der Waals surface area contributed by atoms with E-state index >= 15 is 0 Å². The fourth-order valence-electron chi connectivity index (χ4n) is 3.47.